The van der Waals surface area contributed by atoms with Gasteiger partial charge in [0.05, 0.1) is 0 Å². The molecule has 0 aromatic heterocycles. The van der Waals surface area contributed by atoms with Gasteiger partial charge in [0.25, 0.3) is 0 Å². The van der Waals surface area contributed by atoms with Gasteiger partial charge in [0.15, 0.2) is 0 Å². The lowest BCUT2D eigenvalue weighted by Crippen LogP contribution is -1.83. The fraction of sp³-hybridized carbons (Fsp3) is 0.333. The van der Waals surface area contributed by atoms with E-state index in [0.717, 1.165) is 36.4 Å². The predicted octanol–water partition coefficient (Wildman–Crippen LogP) is 3.03. The number of unbranched alkanes of at least 4 members (excludes halogenated alkanes) is 2. The van der Waals surface area contributed by atoms with Crippen molar-refractivity contribution in [2.24, 2.45) is 0 Å². The minimum absolute atomic E-state index is 0.726. The van der Waals surface area contributed by atoms with Gasteiger partial charge in [0, 0.05) is 23.6 Å². The molecule has 1 aromatic carbocycles. The van der Waals surface area contributed by atoms with Crippen LogP contribution in [-0.2, 0) is 0 Å². The van der Waals surface area contributed by atoms with Crippen molar-refractivity contribution < 1.29 is 0 Å². The van der Waals surface area contributed by atoms with Gasteiger partial charge in [-0.05, 0) is 37.1 Å². The third kappa shape index (κ3) is 4.20. The van der Waals surface area contributed by atoms with E-state index in [0.29, 0.717) is 0 Å². The van der Waals surface area contributed by atoms with Crippen LogP contribution in [0.25, 0.3) is 0 Å². The molecule has 1 rings (SSSR count). The van der Waals surface area contributed by atoms with E-state index in [4.69, 9.17) is 17.3 Å². The Hall–Kier alpha value is -1.13. The Morgan fingerprint density at radius 1 is 1.14 bits per heavy atom. The molecule has 1 aromatic rings. The molecule has 0 aliphatic heterocycles. The van der Waals surface area contributed by atoms with E-state index in [1.165, 1.54) is 0 Å². The molecule has 0 heterocycles. The molecule has 0 atom stereocenters. The maximum absolute atomic E-state index is 5.56. The van der Waals surface area contributed by atoms with Gasteiger partial charge in [-0.2, -0.15) is 0 Å². The number of hydrogen-bond donors (Lipinski definition) is 1. The summed E-state index contributed by atoms with van der Waals surface area (Å²) in [6.07, 6.45) is 3.03. The summed E-state index contributed by atoms with van der Waals surface area (Å²) in [7, 11) is 0. The van der Waals surface area contributed by atoms with Gasteiger partial charge in [0.1, 0.15) is 0 Å². The minimum atomic E-state index is 0.726. The Bertz CT molecular complexity index is 318. The first-order chi connectivity index (χ1) is 6.83. The SMILES string of the molecule is Nc1ccc(C#CCCCCCl)cc1. The second-order valence-corrected chi connectivity index (χ2v) is 3.45. The monoisotopic (exact) mass is 207 g/mol. The molecule has 14 heavy (non-hydrogen) atoms. The van der Waals surface area contributed by atoms with Crippen molar-refractivity contribution in [3.63, 3.8) is 0 Å². The summed E-state index contributed by atoms with van der Waals surface area (Å²) >= 11 is 5.55. The molecule has 0 unspecified atom stereocenters. The van der Waals surface area contributed by atoms with E-state index in [1.807, 2.05) is 24.3 Å². The number of alkyl halides is 1. The molecule has 74 valence electrons. The quantitative estimate of drug-likeness (QED) is 0.351. The molecular formula is C12H14ClN. The number of rotatable bonds is 3. The van der Waals surface area contributed by atoms with Crippen molar-refractivity contribution in [3.05, 3.63) is 29.8 Å². The Morgan fingerprint density at radius 2 is 1.86 bits per heavy atom. The number of halogens is 1. The second kappa shape index (κ2) is 6.34. The van der Waals surface area contributed by atoms with E-state index in [2.05, 4.69) is 11.8 Å². The Balaban J connectivity index is 2.39. The number of hydrogen-bond acceptors (Lipinski definition) is 1. The van der Waals surface area contributed by atoms with Crippen LogP contribution in [0, 0.1) is 11.8 Å². The van der Waals surface area contributed by atoms with Gasteiger partial charge in [-0.1, -0.05) is 11.8 Å². The zero-order valence-corrected chi connectivity index (χ0v) is 8.85. The lowest BCUT2D eigenvalue weighted by Gasteiger charge is -1.92. The number of nitrogens with two attached hydrogens (primary N) is 1. The number of anilines is 1. The average Bonchev–Trinajstić information content (AvgIpc) is 2.21. The fourth-order valence-electron chi connectivity index (χ4n) is 1.04. The first kappa shape index (κ1) is 10.9. The van der Waals surface area contributed by atoms with Crippen LogP contribution in [0.15, 0.2) is 24.3 Å². The van der Waals surface area contributed by atoms with Gasteiger partial charge >= 0.3 is 0 Å². The van der Waals surface area contributed by atoms with Gasteiger partial charge in [-0.3, -0.25) is 0 Å². The van der Waals surface area contributed by atoms with Crippen LogP contribution in [0.1, 0.15) is 24.8 Å². The lowest BCUT2D eigenvalue weighted by atomic mass is 10.2. The topological polar surface area (TPSA) is 26.0 Å². The largest absolute Gasteiger partial charge is 0.399 e. The smallest absolute Gasteiger partial charge is 0.0314 e. The predicted molar refractivity (Wildman–Crippen MR) is 62.3 cm³/mol. The van der Waals surface area contributed by atoms with Gasteiger partial charge in [-0.25, -0.2) is 0 Å². The van der Waals surface area contributed by atoms with E-state index < -0.39 is 0 Å². The Kier molecular flexibility index (Phi) is 4.96. The summed E-state index contributed by atoms with van der Waals surface area (Å²) in [5, 5.41) is 0. The van der Waals surface area contributed by atoms with Gasteiger partial charge in [0.2, 0.25) is 0 Å². The van der Waals surface area contributed by atoms with Gasteiger partial charge < -0.3 is 5.73 Å². The molecule has 1 nitrogen and oxygen atoms in total. The fourth-order valence-corrected chi connectivity index (χ4v) is 1.23. The molecular weight excluding hydrogens is 194 g/mol. The van der Waals surface area contributed by atoms with Crippen LogP contribution in [0.4, 0.5) is 5.69 Å². The zero-order chi connectivity index (χ0) is 10.2. The first-order valence-electron chi connectivity index (χ1n) is 4.73. The van der Waals surface area contributed by atoms with Gasteiger partial charge in [-0.15, -0.1) is 11.6 Å². The summed E-state index contributed by atoms with van der Waals surface area (Å²) in [4.78, 5) is 0. The lowest BCUT2D eigenvalue weighted by molar-refractivity contribution is 0.833. The maximum atomic E-state index is 5.56. The molecule has 0 spiro atoms. The average molecular weight is 208 g/mol. The van der Waals surface area contributed by atoms with Crippen molar-refractivity contribution in [2.75, 3.05) is 11.6 Å². The summed E-state index contributed by atoms with van der Waals surface area (Å²) in [6.45, 7) is 0. The maximum Gasteiger partial charge on any atom is 0.0314 e. The summed E-state index contributed by atoms with van der Waals surface area (Å²) in [6, 6.07) is 7.60. The molecule has 0 aliphatic carbocycles. The second-order valence-electron chi connectivity index (χ2n) is 3.07. The van der Waals surface area contributed by atoms with Crippen LogP contribution < -0.4 is 5.73 Å². The van der Waals surface area contributed by atoms with Crippen molar-refractivity contribution in [2.45, 2.75) is 19.3 Å². The molecule has 0 fully saturated rings. The highest BCUT2D eigenvalue weighted by molar-refractivity contribution is 6.17. The van der Waals surface area contributed by atoms with Crippen molar-refractivity contribution >= 4 is 17.3 Å². The Labute approximate surface area is 90.3 Å². The Morgan fingerprint density at radius 3 is 2.50 bits per heavy atom. The molecule has 0 radical (unpaired) electrons. The molecule has 0 aliphatic rings. The highest BCUT2D eigenvalue weighted by atomic mass is 35.5. The van der Waals surface area contributed by atoms with Crippen LogP contribution in [-0.4, -0.2) is 5.88 Å². The van der Waals surface area contributed by atoms with Crippen molar-refractivity contribution in [1.82, 2.24) is 0 Å². The van der Waals surface area contributed by atoms with Crippen LogP contribution >= 0.6 is 11.6 Å². The highest BCUT2D eigenvalue weighted by Crippen LogP contribution is 2.04. The molecule has 2 heteroatoms. The molecule has 0 amide bonds. The zero-order valence-electron chi connectivity index (χ0n) is 8.09. The minimum Gasteiger partial charge on any atom is -0.399 e. The van der Waals surface area contributed by atoms with Crippen molar-refractivity contribution in [1.29, 1.82) is 0 Å². The van der Waals surface area contributed by atoms with E-state index in [-0.39, 0.29) is 0 Å². The third-order valence-corrected chi connectivity index (χ3v) is 2.10. The highest BCUT2D eigenvalue weighted by Gasteiger charge is 1.86. The van der Waals surface area contributed by atoms with Crippen LogP contribution in [0.5, 0.6) is 0 Å². The number of nitrogen functional groups attached to an aromatic ring is 1. The molecule has 0 saturated carbocycles. The first-order valence-corrected chi connectivity index (χ1v) is 5.27. The summed E-state index contributed by atoms with van der Waals surface area (Å²) < 4.78 is 0. The third-order valence-electron chi connectivity index (χ3n) is 1.83. The van der Waals surface area contributed by atoms with Crippen LogP contribution in [0.2, 0.25) is 0 Å². The molecule has 0 saturated heterocycles. The van der Waals surface area contributed by atoms with Crippen LogP contribution in [0.3, 0.4) is 0 Å². The van der Waals surface area contributed by atoms with E-state index in [9.17, 15) is 0 Å². The molecule has 0 bridgehead atoms. The van der Waals surface area contributed by atoms with E-state index >= 15 is 0 Å². The van der Waals surface area contributed by atoms with Crippen molar-refractivity contribution in [3.8, 4) is 11.8 Å². The normalized spacial score (nSPS) is 9.21. The standard InChI is InChI=1S/C12H14ClN/c13-10-4-2-1-3-5-11-6-8-12(14)9-7-11/h6-9H,1-2,4,10,14H2. The summed E-state index contributed by atoms with van der Waals surface area (Å²) in [5.41, 5.74) is 7.35. The van der Waals surface area contributed by atoms with E-state index in [1.54, 1.807) is 0 Å². The number of benzene rings is 1. The summed E-state index contributed by atoms with van der Waals surface area (Å²) in [5.74, 6) is 6.91. The molecule has 2 N–H and O–H groups in total.